The molecule has 4 N–H and O–H groups in total. The van der Waals surface area contributed by atoms with Gasteiger partial charge < -0.3 is 30.2 Å². The van der Waals surface area contributed by atoms with E-state index in [0.717, 1.165) is 87.5 Å². The summed E-state index contributed by atoms with van der Waals surface area (Å²) in [7, 11) is 0. The summed E-state index contributed by atoms with van der Waals surface area (Å²) in [5.74, 6) is -0.595. The predicted octanol–water partition coefficient (Wildman–Crippen LogP) is 5.33. The van der Waals surface area contributed by atoms with Gasteiger partial charge in [-0.2, -0.15) is 5.26 Å². The summed E-state index contributed by atoms with van der Waals surface area (Å²) in [4.78, 5) is 70.9. The van der Waals surface area contributed by atoms with Crippen LogP contribution in [-0.4, -0.2) is 96.4 Å². The molecule has 14 nitrogen and oxygen atoms in total. The maximum Gasteiger partial charge on any atom is 0.255 e. The van der Waals surface area contributed by atoms with E-state index in [4.69, 9.17) is 10.5 Å². The zero-order chi connectivity index (χ0) is 44.8. The van der Waals surface area contributed by atoms with Crippen LogP contribution in [0.15, 0.2) is 65.5 Å². The van der Waals surface area contributed by atoms with Crippen molar-refractivity contribution in [1.82, 2.24) is 20.1 Å². The number of hydrogen-bond acceptors (Lipinski definition) is 10. The molecule has 1 saturated carbocycles. The van der Waals surface area contributed by atoms with E-state index in [2.05, 4.69) is 64.8 Å². The molecule has 4 aliphatic heterocycles. The number of H-pyrrole nitrogens is 1. The third kappa shape index (κ3) is 8.86. The maximum absolute atomic E-state index is 14.6. The molecular formula is C48H55FN8O6. The number of nitrogens with one attached hydrogen (secondary N) is 2. The lowest BCUT2D eigenvalue weighted by Crippen LogP contribution is -2.58. The summed E-state index contributed by atoms with van der Waals surface area (Å²) in [5.41, 5.74) is 9.62. The van der Waals surface area contributed by atoms with Crippen molar-refractivity contribution in [2.45, 2.75) is 78.5 Å². The first-order valence-corrected chi connectivity index (χ1v) is 21.8. The SMILES string of the molecule is CC1(C)CC(C)(C)C1Oc1ccc(C#N)c2[nH]c(=O)ccc12.NC(=O)c1ccc(N2CCC(CN3CCN(c4ccc5c(c4)CN(C4CCC(=O)NC4=O)C5=O)CC3)CC2)c(F)c1. The van der Waals surface area contributed by atoms with Gasteiger partial charge in [-0.1, -0.05) is 27.7 Å². The number of primary amides is 1. The molecular weight excluding hydrogens is 804 g/mol. The first kappa shape index (κ1) is 43.4. The third-order valence-electron chi connectivity index (χ3n) is 13.5. The first-order chi connectivity index (χ1) is 30.0. The van der Waals surface area contributed by atoms with Gasteiger partial charge in [0.1, 0.15) is 29.8 Å². The second-order valence-electron chi connectivity index (χ2n) is 19.0. The molecule has 15 heteroatoms. The Morgan fingerprint density at radius 3 is 2.27 bits per heavy atom. The second kappa shape index (κ2) is 17.1. The standard InChI is InChI=1S/C30H35FN6O4.C18H20N2O2/c31-24-16-20(28(32)39)1-4-25(24)36-9-7-19(8-10-36)17-34-11-13-35(14-12-34)22-2-3-23-21(15-22)18-37(30(23)41)26-5-6-27(38)33-29(26)40;1-17(2)10-18(3,4)16(17)22-13-7-5-11(9-19)15-12(13)6-8-14(21)20-15/h1-4,15-16,19,26H,5-14,17-18H2,(H2,32,39)(H,33,38,40);5-8,16H,10H2,1-4H3,(H,20,21). The number of carbonyl (C=O) groups excluding carboxylic acids is 4. The molecule has 1 aliphatic carbocycles. The van der Waals surface area contributed by atoms with Crippen LogP contribution in [0.1, 0.15) is 91.6 Å². The van der Waals surface area contributed by atoms with E-state index in [1.54, 1.807) is 29.2 Å². The fourth-order valence-corrected chi connectivity index (χ4v) is 10.7. The van der Waals surface area contributed by atoms with E-state index in [1.165, 1.54) is 12.1 Å². The monoisotopic (exact) mass is 858 g/mol. The number of piperidine rings is 2. The lowest BCUT2D eigenvalue weighted by Gasteiger charge is -2.56. The largest absolute Gasteiger partial charge is 0.489 e. The lowest BCUT2D eigenvalue weighted by molar-refractivity contribution is -0.136. The number of halogens is 1. The number of amides is 4. The molecule has 5 aliphatic rings. The Bertz CT molecular complexity index is 2550. The Morgan fingerprint density at radius 1 is 0.889 bits per heavy atom. The number of ether oxygens (including phenoxy) is 1. The number of hydrogen-bond donors (Lipinski definition) is 3. The summed E-state index contributed by atoms with van der Waals surface area (Å²) in [5, 5.41) is 12.3. The summed E-state index contributed by atoms with van der Waals surface area (Å²) in [6, 6.07) is 18.6. The van der Waals surface area contributed by atoms with E-state index in [1.807, 2.05) is 18.2 Å². The normalized spacial score (nSPS) is 21.2. The molecule has 9 rings (SSSR count). The molecule has 4 aromatic rings. The van der Waals surface area contributed by atoms with Crippen LogP contribution in [-0.2, 0) is 16.1 Å². The Morgan fingerprint density at radius 2 is 1.62 bits per heavy atom. The van der Waals surface area contributed by atoms with Crippen molar-refractivity contribution in [3.05, 3.63) is 99.1 Å². The Labute approximate surface area is 366 Å². The van der Waals surface area contributed by atoms with Crippen molar-refractivity contribution in [3.8, 4) is 11.8 Å². The summed E-state index contributed by atoms with van der Waals surface area (Å²) in [6.45, 7) is 15.4. The number of carbonyl (C=O) groups is 4. The topological polar surface area (TPSA) is 185 Å². The van der Waals surface area contributed by atoms with Crippen LogP contribution in [0.2, 0.25) is 0 Å². The highest BCUT2D eigenvalue weighted by Gasteiger charge is 2.55. The number of aromatic nitrogens is 1. The Hall–Kier alpha value is -6.27. The van der Waals surface area contributed by atoms with Crippen LogP contribution in [0.25, 0.3) is 10.9 Å². The molecule has 330 valence electrons. The van der Waals surface area contributed by atoms with Crippen LogP contribution in [0, 0.1) is 33.9 Å². The van der Waals surface area contributed by atoms with Gasteiger partial charge in [0, 0.05) is 97.9 Å². The average Bonchev–Trinajstić information content (AvgIpc) is 3.57. The molecule has 5 heterocycles. The molecule has 4 fully saturated rings. The van der Waals surface area contributed by atoms with Crippen molar-refractivity contribution in [3.63, 3.8) is 0 Å². The molecule has 3 aromatic carbocycles. The van der Waals surface area contributed by atoms with E-state index in [9.17, 15) is 33.6 Å². The highest BCUT2D eigenvalue weighted by atomic mass is 19.1. The number of rotatable bonds is 8. The number of imide groups is 1. The van der Waals surface area contributed by atoms with Gasteiger partial charge in [-0.05, 0) is 91.8 Å². The molecule has 4 amide bonds. The van der Waals surface area contributed by atoms with Crippen molar-refractivity contribution in [1.29, 1.82) is 5.26 Å². The number of anilines is 2. The lowest BCUT2D eigenvalue weighted by atomic mass is 9.53. The van der Waals surface area contributed by atoms with Gasteiger partial charge in [-0.25, -0.2) is 4.39 Å². The average molecular weight is 859 g/mol. The smallest absolute Gasteiger partial charge is 0.255 e. The molecule has 1 aromatic heterocycles. The fourth-order valence-electron chi connectivity index (χ4n) is 10.7. The van der Waals surface area contributed by atoms with Gasteiger partial charge in [0.05, 0.1) is 16.8 Å². The number of pyridine rings is 1. The minimum atomic E-state index is -0.628. The molecule has 1 unspecified atom stereocenters. The van der Waals surface area contributed by atoms with Crippen molar-refractivity contribution in [2.24, 2.45) is 22.5 Å². The number of aromatic amines is 1. The van der Waals surface area contributed by atoms with Crippen molar-refractivity contribution in [2.75, 3.05) is 55.6 Å². The van der Waals surface area contributed by atoms with Crippen LogP contribution in [0.5, 0.6) is 5.75 Å². The second-order valence-corrected chi connectivity index (χ2v) is 19.0. The van der Waals surface area contributed by atoms with Crippen molar-refractivity contribution < 1.29 is 28.3 Å². The molecule has 0 bridgehead atoms. The number of benzene rings is 3. The van der Waals surface area contributed by atoms with Gasteiger partial charge in [0.15, 0.2) is 0 Å². The number of fused-ring (bicyclic) bond motifs is 2. The maximum atomic E-state index is 14.6. The van der Waals surface area contributed by atoms with Gasteiger partial charge in [0.2, 0.25) is 23.3 Å². The van der Waals surface area contributed by atoms with E-state index in [0.29, 0.717) is 41.2 Å². The van der Waals surface area contributed by atoms with E-state index in [-0.39, 0.29) is 46.3 Å². The third-order valence-corrected chi connectivity index (χ3v) is 13.5. The molecule has 63 heavy (non-hydrogen) atoms. The van der Waals surface area contributed by atoms with Crippen LogP contribution < -0.4 is 31.1 Å². The number of nitrogens with zero attached hydrogens (tertiary/aromatic N) is 5. The van der Waals surface area contributed by atoms with Crippen molar-refractivity contribution >= 4 is 45.9 Å². The number of nitrogens with two attached hydrogens (primary N) is 1. The summed E-state index contributed by atoms with van der Waals surface area (Å²) < 4.78 is 20.9. The summed E-state index contributed by atoms with van der Waals surface area (Å²) >= 11 is 0. The van der Waals surface area contributed by atoms with Gasteiger partial charge >= 0.3 is 0 Å². The molecule has 0 spiro atoms. The van der Waals surface area contributed by atoms with Gasteiger partial charge in [-0.3, -0.25) is 34.2 Å². The molecule has 0 radical (unpaired) electrons. The van der Waals surface area contributed by atoms with E-state index < -0.39 is 23.7 Å². The quantitative estimate of drug-likeness (QED) is 0.196. The number of nitriles is 1. The number of piperazine rings is 1. The minimum absolute atomic E-state index is 0.100. The van der Waals surface area contributed by atoms with Crippen LogP contribution in [0.4, 0.5) is 15.8 Å². The fraction of sp³-hybridized carbons (Fsp3) is 0.458. The summed E-state index contributed by atoms with van der Waals surface area (Å²) in [6.07, 6.45) is 3.78. The zero-order valence-electron chi connectivity index (χ0n) is 36.3. The highest BCUT2D eigenvalue weighted by Crippen LogP contribution is 2.55. The van der Waals surface area contributed by atoms with Crippen LogP contribution in [0.3, 0.4) is 0 Å². The Kier molecular flexibility index (Phi) is 11.8. The first-order valence-electron chi connectivity index (χ1n) is 21.8. The Balaban J connectivity index is 0.000000208. The van der Waals surface area contributed by atoms with Gasteiger partial charge in [-0.15, -0.1) is 0 Å². The molecule has 1 atom stereocenters. The van der Waals surface area contributed by atoms with Crippen LogP contribution >= 0.6 is 0 Å². The van der Waals surface area contributed by atoms with E-state index >= 15 is 0 Å². The predicted molar refractivity (Wildman–Crippen MR) is 237 cm³/mol. The molecule has 3 saturated heterocycles. The highest BCUT2D eigenvalue weighted by molar-refractivity contribution is 6.05. The van der Waals surface area contributed by atoms with Gasteiger partial charge in [0.25, 0.3) is 5.91 Å². The minimum Gasteiger partial charge on any atom is -0.489 e. The zero-order valence-corrected chi connectivity index (χ0v) is 36.3.